The van der Waals surface area contributed by atoms with Crippen molar-refractivity contribution in [3.63, 3.8) is 0 Å². The lowest BCUT2D eigenvalue weighted by Crippen LogP contribution is -2.29. The number of halogens is 2. The molecule has 0 radical (unpaired) electrons. The molecule has 0 bridgehead atoms. The summed E-state index contributed by atoms with van der Waals surface area (Å²) in [6.07, 6.45) is 0.991. The Balaban J connectivity index is 2.19. The fraction of sp³-hybridized carbons (Fsp3) is 0.500. The zero-order chi connectivity index (χ0) is 13.2. The van der Waals surface area contributed by atoms with Crippen LogP contribution >= 0.6 is 11.6 Å². The van der Waals surface area contributed by atoms with Gasteiger partial charge in [-0.2, -0.15) is 0 Å². The van der Waals surface area contributed by atoms with E-state index in [9.17, 15) is 12.8 Å². The predicted octanol–water partition coefficient (Wildman–Crippen LogP) is 2.57. The van der Waals surface area contributed by atoms with Gasteiger partial charge in [-0.05, 0) is 24.5 Å². The first kappa shape index (κ1) is 13.8. The molecule has 0 unspecified atom stereocenters. The molecule has 18 heavy (non-hydrogen) atoms. The molecule has 1 heterocycles. The van der Waals surface area contributed by atoms with Gasteiger partial charge < -0.3 is 4.74 Å². The fourth-order valence-electron chi connectivity index (χ4n) is 2.03. The predicted molar refractivity (Wildman–Crippen MR) is 67.9 cm³/mol. The molecule has 1 saturated heterocycles. The zero-order valence-electron chi connectivity index (χ0n) is 9.73. The summed E-state index contributed by atoms with van der Waals surface area (Å²) in [4.78, 5) is 0. The summed E-state index contributed by atoms with van der Waals surface area (Å²) >= 11 is 5.77. The van der Waals surface area contributed by atoms with Gasteiger partial charge in [-0.15, -0.1) is 0 Å². The highest BCUT2D eigenvalue weighted by Crippen LogP contribution is 2.25. The monoisotopic (exact) mass is 292 g/mol. The molecule has 0 amide bonds. The van der Waals surface area contributed by atoms with Gasteiger partial charge in [0.05, 0.1) is 16.0 Å². The summed E-state index contributed by atoms with van der Waals surface area (Å²) < 4.78 is 42.8. The SMILES string of the molecule is O=S(=O)(Cc1cccc(F)c1Cl)C1CCOCC1. The Hall–Kier alpha value is -0.650. The van der Waals surface area contributed by atoms with Crippen LogP contribution < -0.4 is 0 Å². The van der Waals surface area contributed by atoms with Crippen molar-refractivity contribution in [2.24, 2.45) is 0 Å². The first-order valence-corrected chi connectivity index (χ1v) is 7.82. The number of hydrogen-bond donors (Lipinski definition) is 0. The maximum atomic E-state index is 13.2. The van der Waals surface area contributed by atoms with Crippen molar-refractivity contribution in [1.82, 2.24) is 0 Å². The van der Waals surface area contributed by atoms with Crippen molar-refractivity contribution in [2.75, 3.05) is 13.2 Å². The first-order chi connectivity index (χ1) is 8.50. The van der Waals surface area contributed by atoms with E-state index in [0.717, 1.165) is 0 Å². The Kier molecular flexibility index (Phi) is 4.25. The maximum absolute atomic E-state index is 13.2. The largest absolute Gasteiger partial charge is 0.381 e. The topological polar surface area (TPSA) is 43.4 Å². The highest BCUT2D eigenvalue weighted by atomic mass is 35.5. The first-order valence-electron chi connectivity index (χ1n) is 5.73. The molecular weight excluding hydrogens is 279 g/mol. The van der Waals surface area contributed by atoms with Gasteiger partial charge in [-0.1, -0.05) is 23.7 Å². The van der Waals surface area contributed by atoms with Crippen LogP contribution in [0.15, 0.2) is 18.2 Å². The molecule has 1 aromatic carbocycles. The van der Waals surface area contributed by atoms with Crippen LogP contribution in [0.5, 0.6) is 0 Å². The van der Waals surface area contributed by atoms with Crippen molar-refractivity contribution in [2.45, 2.75) is 23.8 Å². The molecule has 0 N–H and O–H groups in total. The number of hydrogen-bond acceptors (Lipinski definition) is 3. The minimum absolute atomic E-state index is 0.104. The van der Waals surface area contributed by atoms with Crippen molar-refractivity contribution in [3.05, 3.63) is 34.6 Å². The standard InChI is InChI=1S/C12H14ClFO3S/c13-12-9(2-1-3-11(12)14)8-18(15,16)10-4-6-17-7-5-10/h1-3,10H,4-8H2. The van der Waals surface area contributed by atoms with E-state index in [0.29, 0.717) is 31.6 Å². The smallest absolute Gasteiger partial charge is 0.157 e. The number of benzene rings is 1. The van der Waals surface area contributed by atoms with Crippen LogP contribution in [-0.4, -0.2) is 26.9 Å². The average molecular weight is 293 g/mol. The molecule has 1 fully saturated rings. The minimum Gasteiger partial charge on any atom is -0.381 e. The Bertz CT molecular complexity index is 524. The van der Waals surface area contributed by atoms with Crippen LogP contribution in [0.25, 0.3) is 0 Å². The molecule has 3 nitrogen and oxygen atoms in total. The van der Waals surface area contributed by atoms with Crippen molar-refractivity contribution < 1.29 is 17.5 Å². The van der Waals surface area contributed by atoms with Gasteiger partial charge in [0.2, 0.25) is 0 Å². The number of sulfone groups is 1. The van der Waals surface area contributed by atoms with Gasteiger partial charge in [0, 0.05) is 13.2 Å². The summed E-state index contributed by atoms with van der Waals surface area (Å²) in [6.45, 7) is 0.918. The van der Waals surface area contributed by atoms with Crippen LogP contribution in [0.3, 0.4) is 0 Å². The summed E-state index contributed by atoms with van der Waals surface area (Å²) in [5.41, 5.74) is 0.322. The second kappa shape index (κ2) is 5.55. The van der Waals surface area contributed by atoms with Crippen LogP contribution in [0.4, 0.5) is 4.39 Å². The van der Waals surface area contributed by atoms with Gasteiger partial charge >= 0.3 is 0 Å². The van der Waals surface area contributed by atoms with Crippen molar-refractivity contribution in [1.29, 1.82) is 0 Å². The van der Waals surface area contributed by atoms with E-state index in [-0.39, 0.29) is 10.8 Å². The number of rotatable bonds is 3. The lowest BCUT2D eigenvalue weighted by atomic mass is 10.2. The third kappa shape index (κ3) is 3.02. The van der Waals surface area contributed by atoms with Crippen molar-refractivity contribution >= 4 is 21.4 Å². The molecule has 0 spiro atoms. The molecule has 0 aliphatic carbocycles. The zero-order valence-corrected chi connectivity index (χ0v) is 11.3. The van der Waals surface area contributed by atoms with Crippen LogP contribution in [0, 0.1) is 5.82 Å². The Morgan fingerprint density at radius 1 is 1.33 bits per heavy atom. The van der Waals surface area contributed by atoms with Crippen LogP contribution in [-0.2, 0) is 20.3 Å². The average Bonchev–Trinajstić information content (AvgIpc) is 2.36. The summed E-state index contributed by atoms with van der Waals surface area (Å²) in [5.74, 6) is -0.801. The molecule has 6 heteroatoms. The molecule has 0 saturated carbocycles. The molecule has 1 aliphatic heterocycles. The van der Waals surface area contributed by atoms with Crippen LogP contribution in [0.2, 0.25) is 5.02 Å². The number of ether oxygens (including phenoxy) is 1. The molecular formula is C12H14ClFO3S. The third-order valence-corrected chi connectivity index (χ3v) is 5.69. The highest BCUT2D eigenvalue weighted by Gasteiger charge is 2.28. The Morgan fingerprint density at radius 2 is 2.00 bits per heavy atom. The van der Waals surface area contributed by atoms with Gasteiger partial charge in [0.25, 0.3) is 0 Å². The fourth-order valence-corrected chi connectivity index (χ4v) is 4.12. The van der Waals surface area contributed by atoms with E-state index in [1.54, 1.807) is 6.07 Å². The molecule has 100 valence electrons. The van der Waals surface area contributed by atoms with E-state index >= 15 is 0 Å². The second-order valence-corrected chi connectivity index (χ2v) is 6.99. The summed E-state index contributed by atoms with van der Waals surface area (Å²) in [5, 5.41) is -0.515. The maximum Gasteiger partial charge on any atom is 0.157 e. The molecule has 2 rings (SSSR count). The van der Waals surface area contributed by atoms with Gasteiger partial charge in [-0.3, -0.25) is 0 Å². The molecule has 0 aromatic heterocycles. The van der Waals surface area contributed by atoms with E-state index in [1.165, 1.54) is 12.1 Å². The van der Waals surface area contributed by atoms with E-state index in [4.69, 9.17) is 16.3 Å². The van der Waals surface area contributed by atoms with Crippen molar-refractivity contribution in [3.8, 4) is 0 Å². The van der Waals surface area contributed by atoms with Gasteiger partial charge in [0.15, 0.2) is 9.84 Å². The summed E-state index contributed by atoms with van der Waals surface area (Å²) in [7, 11) is -3.31. The highest BCUT2D eigenvalue weighted by molar-refractivity contribution is 7.91. The Labute approximate surface area is 111 Å². The lowest BCUT2D eigenvalue weighted by Gasteiger charge is -2.22. The van der Waals surface area contributed by atoms with E-state index < -0.39 is 20.9 Å². The van der Waals surface area contributed by atoms with E-state index in [1.807, 2.05) is 0 Å². The lowest BCUT2D eigenvalue weighted by molar-refractivity contribution is 0.0983. The minimum atomic E-state index is -3.31. The molecule has 1 aliphatic rings. The summed E-state index contributed by atoms with van der Waals surface area (Å²) in [6, 6.07) is 4.23. The van der Waals surface area contributed by atoms with Crippen LogP contribution in [0.1, 0.15) is 18.4 Å². The molecule has 0 atom stereocenters. The molecule has 1 aromatic rings. The Morgan fingerprint density at radius 3 is 2.67 bits per heavy atom. The van der Waals surface area contributed by atoms with E-state index in [2.05, 4.69) is 0 Å². The van der Waals surface area contributed by atoms with Gasteiger partial charge in [-0.25, -0.2) is 12.8 Å². The third-order valence-electron chi connectivity index (χ3n) is 3.06. The second-order valence-electron chi connectivity index (χ2n) is 4.33. The van der Waals surface area contributed by atoms with Gasteiger partial charge in [0.1, 0.15) is 5.82 Å². The quantitative estimate of drug-likeness (QED) is 0.860. The normalized spacial score (nSPS) is 17.9.